The standard InChI is InChI=1S/C17H18BrN3O3/c1-11-5-4-6-14(12(11)2)19-17(22)10-20(3)15-8-7-13(18)9-16(15)21(23)24/h4-9H,10H2,1-3H3,(H,19,22). The fraction of sp³-hybridized carbons (Fsp3) is 0.235. The van der Waals surface area contributed by atoms with Crippen LogP contribution >= 0.6 is 15.9 Å². The van der Waals surface area contributed by atoms with Crippen LogP contribution in [0.3, 0.4) is 0 Å². The zero-order chi connectivity index (χ0) is 17.9. The lowest BCUT2D eigenvalue weighted by Gasteiger charge is -2.19. The smallest absolute Gasteiger partial charge is 0.293 e. The molecular formula is C17H18BrN3O3. The predicted octanol–water partition coefficient (Wildman–Crippen LogP) is 4.05. The van der Waals surface area contributed by atoms with Crippen molar-refractivity contribution in [3.63, 3.8) is 0 Å². The number of nitrogens with one attached hydrogen (secondary N) is 1. The third-order valence-electron chi connectivity index (χ3n) is 3.80. The van der Waals surface area contributed by atoms with E-state index in [0.717, 1.165) is 16.8 Å². The van der Waals surface area contributed by atoms with Crippen molar-refractivity contribution >= 4 is 38.9 Å². The lowest BCUT2D eigenvalue weighted by molar-refractivity contribution is -0.384. The summed E-state index contributed by atoms with van der Waals surface area (Å²) >= 11 is 3.22. The van der Waals surface area contributed by atoms with Crippen LogP contribution in [0, 0.1) is 24.0 Å². The number of amides is 1. The maximum absolute atomic E-state index is 12.3. The fourth-order valence-electron chi connectivity index (χ4n) is 2.34. The van der Waals surface area contributed by atoms with Crippen molar-refractivity contribution < 1.29 is 9.72 Å². The van der Waals surface area contributed by atoms with Crippen molar-refractivity contribution in [2.45, 2.75) is 13.8 Å². The van der Waals surface area contributed by atoms with E-state index in [-0.39, 0.29) is 18.1 Å². The second-order valence-corrected chi connectivity index (χ2v) is 6.46. The number of hydrogen-bond donors (Lipinski definition) is 1. The number of anilines is 2. The lowest BCUT2D eigenvalue weighted by Crippen LogP contribution is -2.30. The summed E-state index contributed by atoms with van der Waals surface area (Å²) in [6, 6.07) is 10.4. The number of carbonyl (C=O) groups is 1. The first kappa shape index (κ1) is 17.9. The van der Waals surface area contributed by atoms with Crippen LogP contribution in [0.2, 0.25) is 0 Å². The van der Waals surface area contributed by atoms with E-state index >= 15 is 0 Å². The molecule has 2 aromatic rings. The van der Waals surface area contributed by atoms with Gasteiger partial charge in [-0.25, -0.2) is 0 Å². The Labute approximate surface area is 148 Å². The Kier molecular flexibility index (Phi) is 5.56. The van der Waals surface area contributed by atoms with Gasteiger partial charge in [0.15, 0.2) is 0 Å². The minimum atomic E-state index is -0.459. The van der Waals surface area contributed by atoms with Gasteiger partial charge < -0.3 is 10.2 Å². The summed E-state index contributed by atoms with van der Waals surface area (Å²) in [5, 5.41) is 14.0. The van der Waals surface area contributed by atoms with Gasteiger partial charge >= 0.3 is 0 Å². The first-order valence-electron chi connectivity index (χ1n) is 7.30. The van der Waals surface area contributed by atoms with Crippen LogP contribution in [0.1, 0.15) is 11.1 Å². The van der Waals surface area contributed by atoms with Crippen LogP contribution < -0.4 is 10.2 Å². The number of benzene rings is 2. The Bertz CT molecular complexity index is 793. The molecule has 0 spiro atoms. The highest BCUT2D eigenvalue weighted by molar-refractivity contribution is 9.10. The molecule has 1 amide bonds. The molecule has 0 aromatic heterocycles. The highest BCUT2D eigenvalue weighted by Crippen LogP contribution is 2.30. The molecular weight excluding hydrogens is 374 g/mol. The minimum Gasteiger partial charge on any atom is -0.360 e. The van der Waals surface area contributed by atoms with Gasteiger partial charge in [-0.1, -0.05) is 28.1 Å². The molecule has 1 N–H and O–H groups in total. The number of aryl methyl sites for hydroxylation is 1. The molecule has 126 valence electrons. The predicted molar refractivity (Wildman–Crippen MR) is 98.6 cm³/mol. The molecule has 6 nitrogen and oxygen atoms in total. The normalized spacial score (nSPS) is 10.3. The van der Waals surface area contributed by atoms with Crippen LogP contribution in [0.4, 0.5) is 17.1 Å². The Morgan fingerprint density at radius 1 is 1.29 bits per heavy atom. The van der Waals surface area contributed by atoms with Gasteiger partial charge in [0.25, 0.3) is 5.69 Å². The second kappa shape index (κ2) is 7.44. The molecule has 0 atom stereocenters. The summed E-state index contributed by atoms with van der Waals surface area (Å²) in [4.78, 5) is 24.6. The Hall–Kier alpha value is -2.41. The number of nitrogens with zero attached hydrogens (tertiary/aromatic N) is 2. The average Bonchev–Trinajstić information content (AvgIpc) is 2.51. The van der Waals surface area contributed by atoms with Gasteiger partial charge in [0.1, 0.15) is 5.69 Å². The van der Waals surface area contributed by atoms with Crippen LogP contribution in [0.5, 0.6) is 0 Å². The number of carbonyl (C=O) groups excluding carboxylic acids is 1. The van der Waals surface area contributed by atoms with E-state index in [0.29, 0.717) is 10.2 Å². The summed E-state index contributed by atoms with van der Waals surface area (Å²) in [6.45, 7) is 3.92. The van der Waals surface area contributed by atoms with Gasteiger partial charge in [-0.15, -0.1) is 0 Å². The lowest BCUT2D eigenvalue weighted by atomic mass is 10.1. The molecule has 0 saturated carbocycles. The number of halogens is 1. The van der Waals surface area contributed by atoms with Crippen molar-refractivity contribution in [1.82, 2.24) is 0 Å². The molecule has 0 aliphatic carbocycles. The fourth-order valence-corrected chi connectivity index (χ4v) is 2.69. The number of nitro groups is 1. The Balaban J connectivity index is 2.15. The Morgan fingerprint density at radius 3 is 2.67 bits per heavy atom. The van der Waals surface area contributed by atoms with Gasteiger partial charge in [-0.3, -0.25) is 14.9 Å². The van der Waals surface area contributed by atoms with Gasteiger partial charge in [-0.2, -0.15) is 0 Å². The molecule has 0 aliphatic rings. The van der Waals surface area contributed by atoms with Gasteiger partial charge in [0.05, 0.1) is 11.5 Å². The third-order valence-corrected chi connectivity index (χ3v) is 4.30. The van der Waals surface area contributed by atoms with Crippen LogP contribution in [0.15, 0.2) is 40.9 Å². The highest BCUT2D eigenvalue weighted by atomic mass is 79.9. The van der Waals surface area contributed by atoms with E-state index < -0.39 is 4.92 Å². The SMILES string of the molecule is Cc1cccc(NC(=O)CN(C)c2ccc(Br)cc2[N+](=O)[O-])c1C. The van der Waals surface area contributed by atoms with Crippen LogP contribution in [-0.2, 0) is 4.79 Å². The zero-order valence-electron chi connectivity index (χ0n) is 13.7. The molecule has 2 rings (SSSR count). The van der Waals surface area contributed by atoms with Crippen molar-refractivity contribution in [3.8, 4) is 0 Å². The van der Waals surface area contributed by atoms with E-state index in [1.807, 2.05) is 32.0 Å². The summed E-state index contributed by atoms with van der Waals surface area (Å²) in [5.74, 6) is -0.233. The minimum absolute atomic E-state index is 0.00978. The highest BCUT2D eigenvalue weighted by Gasteiger charge is 2.19. The van der Waals surface area contributed by atoms with E-state index in [1.54, 1.807) is 24.1 Å². The third kappa shape index (κ3) is 4.11. The summed E-state index contributed by atoms with van der Waals surface area (Å²) in [6.07, 6.45) is 0. The van der Waals surface area contributed by atoms with E-state index in [1.165, 1.54) is 6.07 Å². The van der Waals surface area contributed by atoms with Crippen molar-refractivity contribution in [2.24, 2.45) is 0 Å². The molecule has 2 aromatic carbocycles. The number of hydrogen-bond acceptors (Lipinski definition) is 4. The quantitative estimate of drug-likeness (QED) is 0.615. The molecule has 0 aliphatic heterocycles. The summed E-state index contributed by atoms with van der Waals surface area (Å²) < 4.78 is 0.617. The van der Waals surface area contributed by atoms with Crippen LogP contribution in [-0.4, -0.2) is 24.4 Å². The van der Waals surface area contributed by atoms with Crippen LogP contribution in [0.25, 0.3) is 0 Å². The molecule has 24 heavy (non-hydrogen) atoms. The van der Waals surface area contributed by atoms with Gasteiger partial charge in [0, 0.05) is 23.3 Å². The van der Waals surface area contributed by atoms with Crippen molar-refractivity contribution in [3.05, 3.63) is 62.1 Å². The number of nitro benzene ring substituents is 1. The maximum Gasteiger partial charge on any atom is 0.293 e. The zero-order valence-corrected chi connectivity index (χ0v) is 15.3. The van der Waals surface area contributed by atoms with Gasteiger partial charge in [-0.05, 0) is 43.2 Å². The number of likely N-dealkylation sites (N-methyl/N-ethyl adjacent to an activating group) is 1. The van der Waals surface area contributed by atoms with E-state index in [2.05, 4.69) is 21.2 Å². The van der Waals surface area contributed by atoms with Crippen molar-refractivity contribution in [1.29, 1.82) is 0 Å². The summed E-state index contributed by atoms with van der Waals surface area (Å²) in [5.41, 5.74) is 3.18. The van der Waals surface area contributed by atoms with Crippen molar-refractivity contribution in [2.75, 3.05) is 23.8 Å². The van der Waals surface area contributed by atoms with E-state index in [4.69, 9.17) is 0 Å². The molecule has 0 fully saturated rings. The maximum atomic E-state index is 12.3. The first-order chi connectivity index (χ1) is 11.3. The monoisotopic (exact) mass is 391 g/mol. The largest absolute Gasteiger partial charge is 0.360 e. The topological polar surface area (TPSA) is 75.5 Å². The van der Waals surface area contributed by atoms with E-state index in [9.17, 15) is 14.9 Å². The molecule has 0 radical (unpaired) electrons. The number of rotatable bonds is 5. The molecule has 0 bridgehead atoms. The summed E-state index contributed by atoms with van der Waals surface area (Å²) in [7, 11) is 1.65. The second-order valence-electron chi connectivity index (χ2n) is 5.54. The average molecular weight is 392 g/mol. The molecule has 7 heteroatoms. The Morgan fingerprint density at radius 2 is 2.00 bits per heavy atom. The van der Waals surface area contributed by atoms with Gasteiger partial charge in [0.2, 0.25) is 5.91 Å². The molecule has 0 unspecified atom stereocenters. The molecule has 0 heterocycles. The molecule has 0 saturated heterocycles. The first-order valence-corrected chi connectivity index (χ1v) is 8.10.